The summed E-state index contributed by atoms with van der Waals surface area (Å²) in [5, 5.41) is 0. The van der Waals surface area contributed by atoms with E-state index in [-0.39, 0.29) is 10.8 Å². The number of hydrogen-bond donors (Lipinski definition) is 1. The third kappa shape index (κ3) is 5.39. The van der Waals surface area contributed by atoms with E-state index in [1.54, 1.807) is 48.3 Å². The monoisotopic (exact) mass is 424 g/mol. The molecular weight excluding hydrogens is 400 g/mol. The molecule has 0 heterocycles. The van der Waals surface area contributed by atoms with Gasteiger partial charge in [0.05, 0.1) is 11.5 Å². The van der Waals surface area contributed by atoms with E-state index in [4.69, 9.17) is 4.74 Å². The van der Waals surface area contributed by atoms with Gasteiger partial charge in [0, 0.05) is 24.8 Å². The molecule has 0 aliphatic carbocycles. The van der Waals surface area contributed by atoms with Crippen molar-refractivity contribution >= 4 is 21.6 Å². The zero-order chi connectivity index (χ0) is 21.6. The zero-order valence-corrected chi connectivity index (χ0v) is 17.7. The second kappa shape index (κ2) is 9.45. The number of amides is 1. The average Bonchev–Trinajstić information content (AvgIpc) is 2.74. The first kappa shape index (κ1) is 21.4. The summed E-state index contributed by atoms with van der Waals surface area (Å²) in [6.07, 6.45) is 0. The van der Waals surface area contributed by atoms with Crippen LogP contribution in [0.4, 0.5) is 5.69 Å². The number of sulfonamides is 1. The highest BCUT2D eigenvalue weighted by molar-refractivity contribution is 7.92. The minimum atomic E-state index is -3.72. The maximum Gasteiger partial charge on any atom is 0.261 e. The molecule has 1 amide bonds. The predicted molar refractivity (Wildman–Crippen MR) is 117 cm³/mol. The molecule has 30 heavy (non-hydrogen) atoms. The normalized spacial score (nSPS) is 11.0. The lowest BCUT2D eigenvalue weighted by Gasteiger charge is -2.18. The lowest BCUT2D eigenvalue weighted by atomic mass is 10.1. The summed E-state index contributed by atoms with van der Waals surface area (Å²) in [6, 6.07) is 22.1. The molecule has 0 aliphatic heterocycles. The van der Waals surface area contributed by atoms with Crippen LogP contribution >= 0.6 is 0 Å². The number of nitrogens with one attached hydrogen (secondary N) is 1. The van der Waals surface area contributed by atoms with E-state index in [0.717, 1.165) is 11.3 Å². The maximum atomic E-state index is 12.9. The van der Waals surface area contributed by atoms with Crippen LogP contribution < -0.4 is 9.46 Å². The maximum absolute atomic E-state index is 12.9. The van der Waals surface area contributed by atoms with Crippen LogP contribution in [0.5, 0.6) is 5.75 Å². The molecule has 0 radical (unpaired) electrons. The molecule has 0 aromatic heterocycles. The molecule has 0 saturated heterocycles. The van der Waals surface area contributed by atoms with Crippen LogP contribution in [0.1, 0.15) is 22.8 Å². The van der Waals surface area contributed by atoms with Gasteiger partial charge in [-0.15, -0.1) is 0 Å². The number of hydrogen-bond acceptors (Lipinski definition) is 4. The minimum absolute atomic E-state index is 0.160. The first-order valence-electron chi connectivity index (χ1n) is 9.54. The highest BCUT2D eigenvalue weighted by Gasteiger charge is 2.16. The highest BCUT2D eigenvalue weighted by Crippen LogP contribution is 2.19. The van der Waals surface area contributed by atoms with Crippen LogP contribution in [-0.4, -0.2) is 32.9 Å². The Labute approximate surface area is 177 Å². The van der Waals surface area contributed by atoms with Crippen molar-refractivity contribution in [3.8, 4) is 5.75 Å². The zero-order valence-electron chi connectivity index (χ0n) is 16.9. The van der Waals surface area contributed by atoms with E-state index in [9.17, 15) is 13.2 Å². The van der Waals surface area contributed by atoms with Crippen LogP contribution in [0.2, 0.25) is 0 Å². The first-order chi connectivity index (χ1) is 14.4. The molecule has 0 spiro atoms. The lowest BCUT2D eigenvalue weighted by molar-refractivity contribution is 0.0785. The molecule has 0 atom stereocenters. The fourth-order valence-corrected chi connectivity index (χ4v) is 4.07. The number of carbonyl (C=O) groups excluding carboxylic acids is 1. The molecule has 3 aromatic carbocycles. The first-order valence-corrected chi connectivity index (χ1v) is 11.0. The van der Waals surface area contributed by atoms with Crippen molar-refractivity contribution in [2.24, 2.45) is 0 Å². The third-order valence-corrected chi connectivity index (χ3v) is 5.79. The van der Waals surface area contributed by atoms with Gasteiger partial charge in [-0.25, -0.2) is 8.42 Å². The average molecular weight is 425 g/mol. The molecule has 3 rings (SSSR count). The van der Waals surface area contributed by atoms with Gasteiger partial charge in [0.1, 0.15) is 5.75 Å². The van der Waals surface area contributed by atoms with Gasteiger partial charge in [-0.2, -0.15) is 0 Å². The summed E-state index contributed by atoms with van der Waals surface area (Å²) >= 11 is 0. The van der Waals surface area contributed by atoms with E-state index >= 15 is 0 Å². The van der Waals surface area contributed by atoms with Gasteiger partial charge in [-0.1, -0.05) is 36.4 Å². The van der Waals surface area contributed by atoms with Crippen LogP contribution in [0.3, 0.4) is 0 Å². The Balaban J connectivity index is 1.73. The molecule has 3 aromatic rings. The summed E-state index contributed by atoms with van der Waals surface area (Å²) in [4.78, 5) is 14.6. The smallest absolute Gasteiger partial charge is 0.261 e. The number of carbonyl (C=O) groups is 1. The Bertz CT molecular complexity index is 1110. The molecule has 0 fully saturated rings. The molecule has 156 valence electrons. The molecule has 6 nitrogen and oxygen atoms in total. The second-order valence-electron chi connectivity index (χ2n) is 6.74. The van der Waals surface area contributed by atoms with Crippen molar-refractivity contribution in [2.45, 2.75) is 18.4 Å². The summed E-state index contributed by atoms with van der Waals surface area (Å²) in [5.74, 6) is 0.547. The lowest BCUT2D eigenvalue weighted by Crippen LogP contribution is -2.26. The van der Waals surface area contributed by atoms with Gasteiger partial charge in [-0.3, -0.25) is 9.52 Å². The van der Waals surface area contributed by atoms with Gasteiger partial charge >= 0.3 is 0 Å². The number of benzene rings is 3. The topological polar surface area (TPSA) is 75.7 Å². The summed E-state index contributed by atoms with van der Waals surface area (Å²) < 4.78 is 33.1. The van der Waals surface area contributed by atoms with Crippen molar-refractivity contribution in [1.82, 2.24) is 4.90 Å². The van der Waals surface area contributed by atoms with Gasteiger partial charge in [0.15, 0.2) is 0 Å². The minimum Gasteiger partial charge on any atom is -0.494 e. The molecule has 0 saturated carbocycles. The largest absolute Gasteiger partial charge is 0.494 e. The summed E-state index contributed by atoms with van der Waals surface area (Å²) in [6.45, 7) is 2.89. The Morgan fingerprint density at radius 2 is 1.70 bits per heavy atom. The van der Waals surface area contributed by atoms with E-state index < -0.39 is 10.0 Å². The molecular formula is C23H24N2O4S. The highest BCUT2D eigenvalue weighted by atomic mass is 32.2. The van der Waals surface area contributed by atoms with Crippen molar-refractivity contribution < 1.29 is 17.9 Å². The number of ether oxygens (including phenoxy) is 1. The fourth-order valence-electron chi connectivity index (χ4n) is 3.00. The molecule has 0 unspecified atom stereocenters. The van der Waals surface area contributed by atoms with Crippen LogP contribution in [0.25, 0.3) is 0 Å². The second-order valence-corrected chi connectivity index (χ2v) is 8.42. The van der Waals surface area contributed by atoms with Crippen molar-refractivity contribution in [2.75, 3.05) is 18.4 Å². The van der Waals surface area contributed by atoms with Crippen LogP contribution in [0, 0.1) is 0 Å². The van der Waals surface area contributed by atoms with Crippen molar-refractivity contribution in [3.63, 3.8) is 0 Å². The predicted octanol–water partition coefficient (Wildman–Crippen LogP) is 4.16. The Morgan fingerprint density at radius 3 is 2.43 bits per heavy atom. The number of anilines is 1. The molecule has 7 heteroatoms. The summed E-state index contributed by atoms with van der Waals surface area (Å²) in [5.41, 5.74) is 1.67. The fraction of sp³-hybridized carbons (Fsp3) is 0.174. The Kier molecular flexibility index (Phi) is 6.74. The summed E-state index contributed by atoms with van der Waals surface area (Å²) in [7, 11) is -2.02. The van der Waals surface area contributed by atoms with E-state index in [1.807, 2.05) is 31.2 Å². The molecule has 1 N–H and O–H groups in total. The van der Waals surface area contributed by atoms with Crippen molar-refractivity contribution in [3.05, 3.63) is 90.0 Å². The van der Waals surface area contributed by atoms with Crippen molar-refractivity contribution in [1.29, 1.82) is 0 Å². The van der Waals surface area contributed by atoms with Gasteiger partial charge < -0.3 is 9.64 Å². The number of rotatable bonds is 8. The standard InChI is InChI=1S/C23H24N2O4S/c1-3-29-21-12-7-9-18(15-21)17-25(2)23(26)19-10-8-11-20(16-19)24-30(27,28)22-13-5-4-6-14-22/h4-16,24H,3,17H2,1-2H3. The van der Waals surface area contributed by atoms with Gasteiger partial charge in [-0.05, 0) is 55.0 Å². The SMILES string of the molecule is CCOc1cccc(CN(C)C(=O)c2cccc(NS(=O)(=O)c3ccccc3)c2)c1. The van der Waals surface area contributed by atoms with Crippen LogP contribution in [-0.2, 0) is 16.6 Å². The quantitative estimate of drug-likeness (QED) is 0.589. The van der Waals surface area contributed by atoms with E-state index in [0.29, 0.717) is 24.4 Å². The Morgan fingerprint density at radius 1 is 0.967 bits per heavy atom. The van der Waals surface area contributed by atoms with Gasteiger partial charge in [0.2, 0.25) is 0 Å². The Hall–Kier alpha value is -3.32. The third-order valence-electron chi connectivity index (χ3n) is 4.39. The van der Waals surface area contributed by atoms with E-state index in [1.165, 1.54) is 18.2 Å². The molecule has 0 bridgehead atoms. The van der Waals surface area contributed by atoms with Gasteiger partial charge in [0.25, 0.3) is 15.9 Å². The van der Waals surface area contributed by atoms with Crippen LogP contribution in [0.15, 0.2) is 83.8 Å². The molecule has 0 aliphatic rings. The van der Waals surface area contributed by atoms with E-state index in [2.05, 4.69) is 4.72 Å². The number of nitrogens with zero attached hydrogens (tertiary/aromatic N) is 1.